The summed E-state index contributed by atoms with van der Waals surface area (Å²) in [6.07, 6.45) is 2.94. The lowest BCUT2D eigenvalue weighted by atomic mass is 10.1. The van der Waals surface area contributed by atoms with Gasteiger partial charge in [-0.1, -0.05) is 41.9 Å². The molecule has 0 fully saturated rings. The van der Waals surface area contributed by atoms with Crippen LogP contribution in [0, 0.1) is 0 Å². The molecule has 3 rings (SSSR count). The fourth-order valence-electron chi connectivity index (χ4n) is 2.51. The number of rotatable bonds is 6. The number of ether oxygens (including phenoxy) is 1. The van der Waals surface area contributed by atoms with Crippen LogP contribution >= 0.6 is 11.6 Å². The first kappa shape index (κ1) is 18.7. The number of hydrogen-bond donors (Lipinski definition) is 2. The van der Waals surface area contributed by atoms with Gasteiger partial charge in [0.2, 0.25) is 5.95 Å². The minimum absolute atomic E-state index is 0.0431. The lowest BCUT2D eigenvalue weighted by molar-refractivity contribution is 0.102. The summed E-state index contributed by atoms with van der Waals surface area (Å²) in [6, 6.07) is 15.0. The summed E-state index contributed by atoms with van der Waals surface area (Å²) in [5.74, 6) is 0.616. The molecule has 1 aromatic heterocycles. The molecule has 0 radical (unpaired) electrons. The molecule has 3 aromatic rings. The van der Waals surface area contributed by atoms with Crippen LogP contribution < -0.4 is 15.4 Å². The number of nitrogens with one attached hydrogen (secondary N) is 2. The van der Waals surface area contributed by atoms with Gasteiger partial charge in [0.1, 0.15) is 5.75 Å². The van der Waals surface area contributed by atoms with Gasteiger partial charge in [0, 0.05) is 17.4 Å². The van der Waals surface area contributed by atoms with Crippen LogP contribution in [-0.4, -0.2) is 23.0 Å². The molecule has 1 unspecified atom stereocenters. The molecule has 7 heteroatoms. The highest BCUT2D eigenvalue weighted by Crippen LogP contribution is 2.28. The smallest absolute Gasteiger partial charge is 0.258 e. The third-order valence-electron chi connectivity index (χ3n) is 3.97. The number of carbonyl (C=O) groups is 1. The Balaban J connectivity index is 1.68. The maximum absolute atomic E-state index is 12.4. The molecule has 1 amide bonds. The third-order valence-corrected chi connectivity index (χ3v) is 4.20. The highest BCUT2D eigenvalue weighted by Gasteiger charge is 2.12. The van der Waals surface area contributed by atoms with Crippen molar-refractivity contribution in [3.05, 3.63) is 77.1 Å². The van der Waals surface area contributed by atoms with Crippen molar-refractivity contribution in [1.82, 2.24) is 9.97 Å². The summed E-state index contributed by atoms with van der Waals surface area (Å²) in [7, 11) is 1.52. The Hall–Kier alpha value is -3.12. The van der Waals surface area contributed by atoms with Crippen molar-refractivity contribution in [3.8, 4) is 5.75 Å². The molecule has 1 heterocycles. The number of aromatic nitrogens is 2. The number of hydrogen-bond acceptors (Lipinski definition) is 5. The second kappa shape index (κ2) is 8.51. The molecule has 0 spiro atoms. The van der Waals surface area contributed by atoms with Gasteiger partial charge < -0.3 is 15.4 Å². The van der Waals surface area contributed by atoms with Crippen LogP contribution in [0.1, 0.15) is 28.9 Å². The van der Waals surface area contributed by atoms with Crippen LogP contribution in [0.15, 0.2) is 60.9 Å². The number of amides is 1. The number of nitrogens with zero attached hydrogens (tertiary/aromatic N) is 2. The number of methoxy groups -OCH3 is 1. The normalized spacial score (nSPS) is 11.5. The van der Waals surface area contributed by atoms with Gasteiger partial charge in [-0.25, -0.2) is 9.97 Å². The van der Waals surface area contributed by atoms with Crippen molar-refractivity contribution in [2.75, 3.05) is 17.7 Å². The lowest BCUT2D eigenvalue weighted by Crippen LogP contribution is -2.15. The molecule has 0 aliphatic rings. The van der Waals surface area contributed by atoms with E-state index in [4.69, 9.17) is 16.3 Å². The molecular weight excluding hydrogens is 364 g/mol. The molecule has 0 aliphatic carbocycles. The van der Waals surface area contributed by atoms with Gasteiger partial charge in [0.15, 0.2) is 0 Å². The van der Waals surface area contributed by atoms with Gasteiger partial charge >= 0.3 is 0 Å². The molecule has 1 atom stereocenters. The Morgan fingerprint density at radius 3 is 2.48 bits per heavy atom. The predicted molar refractivity (Wildman–Crippen MR) is 106 cm³/mol. The van der Waals surface area contributed by atoms with Gasteiger partial charge in [-0.3, -0.25) is 4.79 Å². The van der Waals surface area contributed by atoms with Gasteiger partial charge in [0.05, 0.1) is 24.4 Å². The van der Waals surface area contributed by atoms with Crippen molar-refractivity contribution in [3.63, 3.8) is 0 Å². The maximum atomic E-state index is 12.4. The first-order chi connectivity index (χ1) is 13.1. The summed E-state index contributed by atoms with van der Waals surface area (Å²) >= 11 is 5.98. The van der Waals surface area contributed by atoms with E-state index in [1.807, 2.05) is 37.3 Å². The van der Waals surface area contributed by atoms with E-state index < -0.39 is 0 Å². The fourth-order valence-corrected chi connectivity index (χ4v) is 2.68. The van der Waals surface area contributed by atoms with E-state index in [1.165, 1.54) is 19.5 Å². The quantitative estimate of drug-likeness (QED) is 0.653. The minimum atomic E-state index is -0.349. The van der Waals surface area contributed by atoms with Gasteiger partial charge in [-0.2, -0.15) is 0 Å². The summed E-state index contributed by atoms with van der Waals surface area (Å²) in [6.45, 7) is 2.02. The summed E-state index contributed by atoms with van der Waals surface area (Å²) in [4.78, 5) is 20.9. The predicted octanol–water partition coefficient (Wildman–Crippen LogP) is 4.56. The highest BCUT2D eigenvalue weighted by molar-refractivity contribution is 6.31. The molecule has 6 nitrogen and oxygen atoms in total. The van der Waals surface area contributed by atoms with Crippen LogP contribution in [0.4, 0.5) is 11.6 Å². The number of halogens is 1. The third kappa shape index (κ3) is 4.74. The van der Waals surface area contributed by atoms with Crippen molar-refractivity contribution in [2.45, 2.75) is 13.0 Å². The molecule has 0 saturated heterocycles. The Labute approximate surface area is 162 Å². The van der Waals surface area contributed by atoms with E-state index in [0.29, 0.717) is 28.0 Å². The van der Waals surface area contributed by atoms with Crippen LogP contribution in [0.3, 0.4) is 0 Å². The number of benzene rings is 2. The minimum Gasteiger partial charge on any atom is -0.495 e. The maximum Gasteiger partial charge on any atom is 0.258 e. The lowest BCUT2D eigenvalue weighted by Gasteiger charge is -2.14. The van der Waals surface area contributed by atoms with E-state index in [1.54, 1.807) is 18.2 Å². The summed E-state index contributed by atoms with van der Waals surface area (Å²) in [5.41, 5.74) is 1.93. The van der Waals surface area contributed by atoms with Crippen molar-refractivity contribution in [2.24, 2.45) is 0 Å². The average molecular weight is 383 g/mol. The Morgan fingerprint density at radius 1 is 1.11 bits per heavy atom. The molecule has 0 aliphatic heterocycles. The molecule has 2 aromatic carbocycles. The Bertz CT molecular complexity index is 917. The molecule has 2 N–H and O–H groups in total. The van der Waals surface area contributed by atoms with Gasteiger partial charge in [-0.05, 0) is 30.7 Å². The zero-order chi connectivity index (χ0) is 19.2. The van der Waals surface area contributed by atoms with Crippen molar-refractivity contribution >= 4 is 29.1 Å². The zero-order valence-electron chi connectivity index (χ0n) is 14.9. The monoisotopic (exact) mass is 382 g/mol. The first-order valence-electron chi connectivity index (χ1n) is 8.35. The SMILES string of the molecule is COc1ccc(Cl)cc1NC(=O)c1cnc(NC(C)c2ccccc2)nc1. The number of carbonyl (C=O) groups excluding carboxylic acids is 1. The van der Waals surface area contributed by atoms with Crippen LogP contribution in [-0.2, 0) is 0 Å². The average Bonchev–Trinajstić information content (AvgIpc) is 2.69. The van der Waals surface area contributed by atoms with E-state index in [9.17, 15) is 4.79 Å². The van der Waals surface area contributed by atoms with Crippen molar-refractivity contribution in [1.29, 1.82) is 0 Å². The Kier molecular flexibility index (Phi) is 5.88. The van der Waals surface area contributed by atoms with Crippen LogP contribution in [0.2, 0.25) is 5.02 Å². The largest absolute Gasteiger partial charge is 0.495 e. The van der Waals surface area contributed by atoms with E-state index in [-0.39, 0.29) is 11.9 Å². The van der Waals surface area contributed by atoms with E-state index >= 15 is 0 Å². The topological polar surface area (TPSA) is 76.1 Å². The zero-order valence-corrected chi connectivity index (χ0v) is 15.7. The first-order valence-corrected chi connectivity index (χ1v) is 8.73. The second-order valence-corrected chi connectivity index (χ2v) is 6.31. The molecule has 27 heavy (non-hydrogen) atoms. The van der Waals surface area contributed by atoms with E-state index in [2.05, 4.69) is 20.6 Å². The highest BCUT2D eigenvalue weighted by atomic mass is 35.5. The molecule has 138 valence electrons. The van der Waals surface area contributed by atoms with Crippen LogP contribution in [0.25, 0.3) is 0 Å². The number of anilines is 2. The fraction of sp³-hybridized carbons (Fsp3) is 0.150. The van der Waals surface area contributed by atoms with Gasteiger partial charge in [-0.15, -0.1) is 0 Å². The van der Waals surface area contributed by atoms with Crippen LogP contribution in [0.5, 0.6) is 5.75 Å². The van der Waals surface area contributed by atoms with Gasteiger partial charge in [0.25, 0.3) is 5.91 Å². The second-order valence-electron chi connectivity index (χ2n) is 5.87. The standard InChI is InChI=1S/C20H19ClN4O2/c1-13(14-6-4-3-5-7-14)24-20-22-11-15(12-23-20)19(26)25-17-10-16(21)8-9-18(17)27-2/h3-13H,1-2H3,(H,25,26)(H,22,23,24). The van der Waals surface area contributed by atoms with Crippen molar-refractivity contribution < 1.29 is 9.53 Å². The molecular formula is C20H19ClN4O2. The molecule has 0 bridgehead atoms. The molecule has 0 saturated carbocycles. The summed E-state index contributed by atoms with van der Waals surface area (Å²) < 4.78 is 5.23. The summed E-state index contributed by atoms with van der Waals surface area (Å²) in [5, 5.41) is 6.46. The van der Waals surface area contributed by atoms with E-state index in [0.717, 1.165) is 5.56 Å². The Morgan fingerprint density at radius 2 is 1.81 bits per heavy atom.